The lowest BCUT2D eigenvalue weighted by Crippen LogP contribution is -2.17. The van der Waals surface area contributed by atoms with Crippen molar-refractivity contribution in [2.24, 2.45) is 0 Å². The molecule has 2 unspecified atom stereocenters. The summed E-state index contributed by atoms with van der Waals surface area (Å²) in [4.78, 5) is 0. The Balaban J connectivity index is 1.85. The van der Waals surface area contributed by atoms with E-state index in [1.54, 1.807) is 0 Å². The van der Waals surface area contributed by atoms with Crippen molar-refractivity contribution in [1.82, 2.24) is 0 Å². The summed E-state index contributed by atoms with van der Waals surface area (Å²) in [7, 11) is 0. The van der Waals surface area contributed by atoms with Crippen LogP contribution in [0.25, 0.3) is 0 Å². The SMILES string of the molecule is ICC(OCC1CCCO1)c1ccccc1. The van der Waals surface area contributed by atoms with Gasteiger partial charge in [-0.25, -0.2) is 0 Å². The van der Waals surface area contributed by atoms with Crippen molar-refractivity contribution >= 4 is 22.6 Å². The van der Waals surface area contributed by atoms with Gasteiger partial charge >= 0.3 is 0 Å². The van der Waals surface area contributed by atoms with Crippen molar-refractivity contribution in [2.45, 2.75) is 25.0 Å². The average Bonchev–Trinajstić information content (AvgIpc) is 2.84. The maximum atomic E-state index is 5.93. The van der Waals surface area contributed by atoms with Gasteiger partial charge in [-0.2, -0.15) is 0 Å². The van der Waals surface area contributed by atoms with Crippen LogP contribution in [-0.2, 0) is 9.47 Å². The summed E-state index contributed by atoms with van der Waals surface area (Å²) in [6, 6.07) is 10.4. The van der Waals surface area contributed by atoms with Crippen LogP contribution >= 0.6 is 22.6 Å². The van der Waals surface area contributed by atoms with Gasteiger partial charge in [0.25, 0.3) is 0 Å². The molecule has 2 rings (SSSR count). The van der Waals surface area contributed by atoms with E-state index in [2.05, 4.69) is 46.9 Å². The third kappa shape index (κ3) is 3.43. The van der Waals surface area contributed by atoms with Gasteiger partial charge in [-0.1, -0.05) is 52.9 Å². The van der Waals surface area contributed by atoms with E-state index in [1.807, 2.05) is 6.07 Å². The molecule has 88 valence electrons. The molecule has 0 bridgehead atoms. The highest BCUT2D eigenvalue weighted by atomic mass is 127. The minimum absolute atomic E-state index is 0.200. The number of benzene rings is 1. The molecule has 1 aliphatic rings. The van der Waals surface area contributed by atoms with Gasteiger partial charge in [0.15, 0.2) is 0 Å². The monoisotopic (exact) mass is 332 g/mol. The first-order chi connectivity index (χ1) is 7.90. The van der Waals surface area contributed by atoms with Crippen molar-refractivity contribution in [3.8, 4) is 0 Å². The maximum absolute atomic E-state index is 5.93. The summed E-state index contributed by atoms with van der Waals surface area (Å²) in [6.07, 6.45) is 2.83. The number of alkyl halides is 1. The third-order valence-electron chi connectivity index (χ3n) is 2.82. The first kappa shape index (κ1) is 12.3. The molecule has 1 aromatic rings. The van der Waals surface area contributed by atoms with E-state index in [-0.39, 0.29) is 6.10 Å². The molecule has 3 heteroatoms. The second-order valence-electron chi connectivity index (χ2n) is 4.02. The van der Waals surface area contributed by atoms with Crippen molar-refractivity contribution in [3.63, 3.8) is 0 Å². The number of ether oxygens (including phenoxy) is 2. The molecule has 1 aliphatic heterocycles. The van der Waals surface area contributed by atoms with Crippen LogP contribution in [0, 0.1) is 0 Å². The molecule has 2 nitrogen and oxygen atoms in total. The largest absolute Gasteiger partial charge is 0.376 e. The fourth-order valence-corrected chi connectivity index (χ4v) is 2.66. The number of hydrogen-bond donors (Lipinski definition) is 0. The predicted molar refractivity (Wildman–Crippen MR) is 73.0 cm³/mol. The Kier molecular flexibility index (Phi) is 5.06. The normalized spacial score (nSPS) is 22.2. The summed E-state index contributed by atoms with van der Waals surface area (Å²) < 4.78 is 12.5. The molecule has 0 N–H and O–H groups in total. The molecule has 0 aliphatic carbocycles. The third-order valence-corrected chi connectivity index (χ3v) is 3.62. The molecule has 16 heavy (non-hydrogen) atoms. The lowest BCUT2D eigenvalue weighted by molar-refractivity contribution is -0.0122. The van der Waals surface area contributed by atoms with E-state index in [9.17, 15) is 0 Å². The second kappa shape index (κ2) is 6.57. The standard InChI is InChI=1S/C13H17IO2/c14-9-13(11-5-2-1-3-6-11)16-10-12-7-4-8-15-12/h1-3,5-6,12-13H,4,7-10H2. The van der Waals surface area contributed by atoms with E-state index in [4.69, 9.17) is 9.47 Å². The molecule has 1 fully saturated rings. The summed E-state index contributed by atoms with van der Waals surface area (Å²) in [5.74, 6) is 0. The quantitative estimate of drug-likeness (QED) is 0.608. The Labute approximate surface area is 110 Å². The zero-order valence-corrected chi connectivity index (χ0v) is 11.4. The highest BCUT2D eigenvalue weighted by Gasteiger charge is 2.18. The van der Waals surface area contributed by atoms with Gasteiger partial charge < -0.3 is 9.47 Å². The first-order valence-electron chi connectivity index (χ1n) is 5.74. The molecule has 0 saturated carbocycles. The summed E-state index contributed by atoms with van der Waals surface area (Å²) in [6.45, 7) is 1.62. The molecule has 1 saturated heterocycles. The minimum Gasteiger partial charge on any atom is -0.376 e. The Morgan fingerprint density at radius 2 is 2.19 bits per heavy atom. The van der Waals surface area contributed by atoms with Gasteiger partial charge in [0.1, 0.15) is 0 Å². The van der Waals surface area contributed by atoms with Crippen molar-refractivity contribution in [1.29, 1.82) is 0 Å². The molecular weight excluding hydrogens is 315 g/mol. The summed E-state index contributed by atoms with van der Waals surface area (Å²) >= 11 is 2.37. The fourth-order valence-electron chi connectivity index (χ4n) is 1.90. The molecule has 2 atom stereocenters. The van der Waals surface area contributed by atoms with Gasteiger partial charge in [0.05, 0.1) is 18.8 Å². The summed E-state index contributed by atoms with van der Waals surface area (Å²) in [5, 5.41) is 0. The van der Waals surface area contributed by atoms with Crippen LogP contribution in [-0.4, -0.2) is 23.7 Å². The molecule has 0 amide bonds. The lowest BCUT2D eigenvalue weighted by atomic mass is 10.1. The predicted octanol–water partition coefficient (Wildman–Crippen LogP) is 3.36. The molecular formula is C13H17IO2. The van der Waals surface area contributed by atoms with Crippen molar-refractivity contribution in [3.05, 3.63) is 35.9 Å². The zero-order chi connectivity index (χ0) is 11.2. The van der Waals surface area contributed by atoms with Gasteiger partial charge in [-0.3, -0.25) is 0 Å². The highest BCUT2D eigenvalue weighted by Crippen LogP contribution is 2.22. The van der Waals surface area contributed by atoms with Gasteiger partial charge in [0.2, 0.25) is 0 Å². The zero-order valence-electron chi connectivity index (χ0n) is 9.27. The highest BCUT2D eigenvalue weighted by molar-refractivity contribution is 14.1. The van der Waals surface area contributed by atoms with Crippen LogP contribution in [0.2, 0.25) is 0 Å². The number of hydrogen-bond acceptors (Lipinski definition) is 2. The van der Waals surface area contributed by atoms with E-state index >= 15 is 0 Å². The van der Waals surface area contributed by atoms with Gasteiger partial charge in [-0.05, 0) is 18.4 Å². The van der Waals surface area contributed by atoms with E-state index in [0.717, 1.165) is 24.1 Å². The minimum atomic E-state index is 0.200. The molecule has 1 aromatic carbocycles. The van der Waals surface area contributed by atoms with E-state index in [0.29, 0.717) is 6.10 Å². The number of rotatable bonds is 5. The first-order valence-corrected chi connectivity index (χ1v) is 7.27. The van der Waals surface area contributed by atoms with E-state index < -0.39 is 0 Å². The van der Waals surface area contributed by atoms with Crippen LogP contribution in [0.1, 0.15) is 24.5 Å². The molecule has 0 radical (unpaired) electrons. The molecule has 1 heterocycles. The van der Waals surface area contributed by atoms with Crippen LogP contribution in [0.4, 0.5) is 0 Å². The maximum Gasteiger partial charge on any atom is 0.0915 e. The van der Waals surface area contributed by atoms with Crippen LogP contribution in [0.5, 0.6) is 0 Å². The molecule has 0 spiro atoms. The average molecular weight is 332 g/mol. The Hall–Kier alpha value is -0.130. The molecule has 0 aromatic heterocycles. The van der Waals surface area contributed by atoms with Crippen molar-refractivity contribution in [2.75, 3.05) is 17.6 Å². The lowest BCUT2D eigenvalue weighted by Gasteiger charge is -2.18. The fraction of sp³-hybridized carbons (Fsp3) is 0.538. The Morgan fingerprint density at radius 1 is 1.38 bits per heavy atom. The van der Waals surface area contributed by atoms with E-state index in [1.165, 1.54) is 12.0 Å². The van der Waals surface area contributed by atoms with Crippen LogP contribution in [0.3, 0.4) is 0 Å². The smallest absolute Gasteiger partial charge is 0.0915 e. The second-order valence-corrected chi connectivity index (χ2v) is 4.90. The Bertz CT molecular complexity index is 296. The van der Waals surface area contributed by atoms with Gasteiger partial charge in [-0.15, -0.1) is 0 Å². The van der Waals surface area contributed by atoms with Gasteiger partial charge in [0, 0.05) is 11.0 Å². The Morgan fingerprint density at radius 3 is 2.81 bits per heavy atom. The topological polar surface area (TPSA) is 18.5 Å². The number of halogens is 1. The van der Waals surface area contributed by atoms with Crippen molar-refractivity contribution < 1.29 is 9.47 Å². The summed E-state index contributed by atoms with van der Waals surface area (Å²) in [5.41, 5.74) is 1.26. The van der Waals surface area contributed by atoms with Crippen LogP contribution in [0.15, 0.2) is 30.3 Å². The van der Waals surface area contributed by atoms with Crippen LogP contribution < -0.4 is 0 Å².